The highest BCUT2D eigenvalue weighted by atomic mass is 35.5. The summed E-state index contributed by atoms with van der Waals surface area (Å²) < 4.78 is 40.0. The predicted octanol–water partition coefficient (Wildman–Crippen LogP) is 4.53. The number of carbonyl (C=O) groups is 1. The fourth-order valence-electron chi connectivity index (χ4n) is 2.08. The summed E-state index contributed by atoms with van der Waals surface area (Å²) in [6.07, 6.45) is -4.74. The summed E-state index contributed by atoms with van der Waals surface area (Å²) in [5.41, 5.74) is 1.31. The number of ether oxygens (including phenoxy) is 1. The van der Waals surface area contributed by atoms with Crippen LogP contribution in [0.2, 0.25) is 5.02 Å². The summed E-state index contributed by atoms with van der Waals surface area (Å²) >= 11 is 5.92. The Morgan fingerprint density at radius 3 is 2.48 bits per heavy atom. The molecule has 0 fully saturated rings. The molecule has 1 amide bonds. The van der Waals surface area contributed by atoms with Crippen molar-refractivity contribution in [1.82, 2.24) is 5.32 Å². The third-order valence-corrected chi connectivity index (χ3v) is 3.52. The van der Waals surface area contributed by atoms with Crippen molar-refractivity contribution in [2.75, 3.05) is 11.9 Å². The molecule has 2 N–H and O–H groups in total. The van der Waals surface area contributed by atoms with E-state index < -0.39 is 6.36 Å². The molecule has 0 spiro atoms. The van der Waals surface area contributed by atoms with Gasteiger partial charge < -0.3 is 15.4 Å². The SMILES string of the molecule is C[C@H](NCC(=O)Nc1ccc(OC(F)(F)F)cc1)c1cccc(Cl)c1. The predicted molar refractivity (Wildman–Crippen MR) is 89.6 cm³/mol. The van der Waals surface area contributed by atoms with Crippen LogP contribution in [0.5, 0.6) is 5.75 Å². The number of nitrogens with one attached hydrogen (secondary N) is 2. The maximum absolute atomic E-state index is 12.1. The fraction of sp³-hybridized carbons (Fsp3) is 0.235. The van der Waals surface area contributed by atoms with Crippen LogP contribution >= 0.6 is 11.6 Å². The molecule has 0 aromatic heterocycles. The standard InChI is InChI=1S/C17H16ClF3N2O2/c1-11(12-3-2-4-13(18)9-12)22-10-16(24)23-14-5-7-15(8-6-14)25-17(19,20)21/h2-9,11,22H,10H2,1H3,(H,23,24)/t11-/m0/s1. The lowest BCUT2D eigenvalue weighted by Gasteiger charge is -2.14. The second kappa shape index (κ2) is 8.22. The van der Waals surface area contributed by atoms with Gasteiger partial charge in [0.15, 0.2) is 0 Å². The number of halogens is 4. The van der Waals surface area contributed by atoms with Crippen molar-refractivity contribution in [3.8, 4) is 5.75 Å². The Balaban J connectivity index is 1.84. The summed E-state index contributed by atoms with van der Waals surface area (Å²) in [7, 11) is 0. The molecule has 2 aromatic rings. The highest BCUT2D eigenvalue weighted by molar-refractivity contribution is 6.30. The molecule has 0 unspecified atom stereocenters. The lowest BCUT2D eigenvalue weighted by atomic mass is 10.1. The van der Waals surface area contributed by atoms with E-state index >= 15 is 0 Å². The van der Waals surface area contributed by atoms with Gasteiger partial charge in [-0.15, -0.1) is 13.2 Å². The number of rotatable bonds is 6. The van der Waals surface area contributed by atoms with Crippen LogP contribution in [0.15, 0.2) is 48.5 Å². The fourth-order valence-corrected chi connectivity index (χ4v) is 2.28. The van der Waals surface area contributed by atoms with E-state index in [2.05, 4.69) is 15.4 Å². The van der Waals surface area contributed by atoms with Gasteiger partial charge in [0.05, 0.1) is 6.54 Å². The molecule has 134 valence electrons. The number of amides is 1. The minimum Gasteiger partial charge on any atom is -0.406 e. The summed E-state index contributed by atoms with van der Waals surface area (Å²) in [5, 5.41) is 6.24. The zero-order chi connectivity index (χ0) is 18.4. The van der Waals surface area contributed by atoms with Crippen molar-refractivity contribution in [1.29, 1.82) is 0 Å². The number of hydrogen-bond donors (Lipinski definition) is 2. The smallest absolute Gasteiger partial charge is 0.406 e. The van der Waals surface area contributed by atoms with E-state index in [1.165, 1.54) is 12.1 Å². The van der Waals surface area contributed by atoms with Crippen LogP contribution in [0.4, 0.5) is 18.9 Å². The van der Waals surface area contributed by atoms with Crippen LogP contribution in [-0.4, -0.2) is 18.8 Å². The van der Waals surface area contributed by atoms with Crippen molar-refractivity contribution in [2.24, 2.45) is 0 Å². The number of benzene rings is 2. The minimum absolute atomic E-state index is 0.0362. The first-order chi connectivity index (χ1) is 11.7. The average Bonchev–Trinajstić information content (AvgIpc) is 2.53. The first-order valence-electron chi connectivity index (χ1n) is 7.37. The molecular weight excluding hydrogens is 357 g/mol. The summed E-state index contributed by atoms with van der Waals surface area (Å²) in [6.45, 7) is 1.93. The summed E-state index contributed by atoms with van der Waals surface area (Å²) in [5.74, 6) is -0.670. The number of anilines is 1. The van der Waals surface area contributed by atoms with Crippen LogP contribution in [-0.2, 0) is 4.79 Å². The van der Waals surface area contributed by atoms with E-state index in [1.807, 2.05) is 19.1 Å². The van der Waals surface area contributed by atoms with Gasteiger partial charge in [0.2, 0.25) is 5.91 Å². The largest absolute Gasteiger partial charge is 0.573 e. The highest BCUT2D eigenvalue weighted by Gasteiger charge is 2.30. The molecule has 0 aliphatic carbocycles. The van der Waals surface area contributed by atoms with Gasteiger partial charge in [-0.1, -0.05) is 23.7 Å². The van der Waals surface area contributed by atoms with Crippen molar-refractivity contribution in [3.63, 3.8) is 0 Å². The van der Waals surface area contributed by atoms with E-state index in [-0.39, 0.29) is 24.2 Å². The molecule has 0 radical (unpaired) electrons. The van der Waals surface area contributed by atoms with Gasteiger partial charge in [-0.3, -0.25) is 4.79 Å². The zero-order valence-corrected chi connectivity index (χ0v) is 14.0. The lowest BCUT2D eigenvalue weighted by Crippen LogP contribution is -2.30. The Morgan fingerprint density at radius 1 is 1.20 bits per heavy atom. The maximum Gasteiger partial charge on any atom is 0.573 e. The number of carbonyl (C=O) groups excluding carboxylic acids is 1. The normalized spacial score (nSPS) is 12.5. The van der Waals surface area contributed by atoms with E-state index in [4.69, 9.17) is 11.6 Å². The van der Waals surface area contributed by atoms with Crippen LogP contribution < -0.4 is 15.4 Å². The third-order valence-electron chi connectivity index (χ3n) is 3.29. The summed E-state index contributed by atoms with van der Waals surface area (Å²) in [6, 6.07) is 12.1. The molecule has 4 nitrogen and oxygen atoms in total. The van der Waals surface area contributed by atoms with Crippen LogP contribution in [0.25, 0.3) is 0 Å². The van der Waals surface area contributed by atoms with Gasteiger partial charge in [-0.2, -0.15) is 0 Å². The molecule has 0 saturated heterocycles. The van der Waals surface area contributed by atoms with E-state index in [9.17, 15) is 18.0 Å². The molecule has 0 aliphatic rings. The van der Waals surface area contributed by atoms with Crippen LogP contribution in [0.3, 0.4) is 0 Å². The Morgan fingerprint density at radius 2 is 1.88 bits per heavy atom. The topological polar surface area (TPSA) is 50.4 Å². The number of hydrogen-bond acceptors (Lipinski definition) is 3. The van der Waals surface area contributed by atoms with Crippen molar-refractivity contribution >= 4 is 23.2 Å². The van der Waals surface area contributed by atoms with Gasteiger partial charge in [0.1, 0.15) is 5.75 Å². The molecule has 1 atom stereocenters. The molecule has 8 heteroatoms. The highest BCUT2D eigenvalue weighted by Crippen LogP contribution is 2.24. The molecular formula is C17H16ClF3N2O2. The second-order valence-corrected chi connectivity index (χ2v) is 5.71. The van der Waals surface area contributed by atoms with Gasteiger partial charge in [-0.05, 0) is 48.9 Å². The van der Waals surface area contributed by atoms with Gasteiger partial charge in [-0.25, -0.2) is 0 Å². The Labute approximate surface area is 147 Å². The quantitative estimate of drug-likeness (QED) is 0.783. The van der Waals surface area contributed by atoms with Gasteiger partial charge in [0.25, 0.3) is 0 Å². The molecule has 2 aromatic carbocycles. The molecule has 0 bridgehead atoms. The van der Waals surface area contributed by atoms with Crippen molar-refractivity contribution in [2.45, 2.75) is 19.3 Å². The first-order valence-corrected chi connectivity index (χ1v) is 7.75. The van der Waals surface area contributed by atoms with Crippen LogP contribution in [0.1, 0.15) is 18.5 Å². The molecule has 0 heterocycles. The van der Waals surface area contributed by atoms with Gasteiger partial charge in [0, 0.05) is 16.8 Å². The van der Waals surface area contributed by atoms with Crippen molar-refractivity contribution < 1.29 is 22.7 Å². The van der Waals surface area contributed by atoms with E-state index in [0.29, 0.717) is 10.7 Å². The van der Waals surface area contributed by atoms with E-state index in [1.54, 1.807) is 12.1 Å². The number of alkyl halides is 3. The Kier molecular flexibility index (Phi) is 6.27. The second-order valence-electron chi connectivity index (χ2n) is 5.28. The van der Waals surface area contributed by atoms with E-state index in [0.717, 1.165) is 17.7 Å². The third kappa shape index (κ3) is 6.64. The maximum atomic E-state index is 12.1. The first kappa shape index (κ1) is 19.1. The van der Waals surface area contributed by atoms with Gasteiger partial charge >= 0.3 is 6.36 Å². The average molecular weight is 373 g/mol. The molecule has 25 heavy (non-hydrogen) atoms. The minimum atomic E-state index is -4.74. The van der Waals surface area contributed by atoms with Crippen LogP contribution in [0, 0.1) is 0 Å². The molecule has 0 aliphatic heterocycles. The monoisotopic (exact) mass is 372 g/mol. The Hall–Kier alpha value is -2.25. The van der Waals surface area contributed by atoms with Crippen molar-refractivity contribution in [3.05, 3.63) is 59.1 Å². The summed E-state index contributed by atoms with van der Waals surface area (Å²) in [4.78, 5) is 11.9. The Bertz CT molecular complexity index is 721. The molecule has 2 rings (SSSR count). The lowest BCUT2D eigenvalue weighted by molar-refractivity contribution is -0.274. The molecule has 0 saturated carbocycles. The zero-order valence-electron chi connectivity index (χ0n) is 13.2.